The van der Waals surface area contributed by atoms with Gasteiger partial charge < -0.3 is 14.5 Å². The SMILES string of the molecule is COC(=O)CN1C(=S)N(c2ccc(Cl)cc2)C(=O)/C1=C/c1ccc(N2CCCC2)cc1. The Bertz CT molecular complexity index is 1030. The molecule has 2 aliphatic rings. The number of methoxy groups -OCH3 is 1. The number of benzene rings is 2. The van der Waals surface area contributed by atoms with Gasteiger partial charge in [-0.15, -0.1) is 0 Å². The average molecular weight is 456 g/mol. The molecule has 0 aliphatic carbocycles. The molecule has 0 saturated carbocycles. The molecule has 6 nitrogen and oxygen atoms in total. The van der Waals surface area contributed by atoms with Gasteiger partial charge in [-0.3, -0.25) is 14.5 Å². The summed E-state index contributed by atoms with van der Waals surface area (Å²) in [5, 5.41) is 0.777. The lowest BCUT2D eigenvalue weighted by atomic mass is 10.1. The molecular weight excluding hydrogens is 434 g/mol. The van der Waals surface area contributed by atoms with E-state index in [1.807, 2.05) is 12.1 Å². The van der Waals surface area contributed by atoms with Crippen LogP contribution in [0.15, 0.2) is 54.2 Å². The number of rotatable bonds is 5. The summed E-state index contributed by atoms with van der Waals surface area (Å²) in [5.74, 6) is -0.789. The van der Waals surface area contributed by atoms with Crippen molar-refractivity contribution < 1.29 is 14.3 Å². The fourth-order valence-corrected chi connectivity index (χ4v) is 4.24. The zero-order chi connectivity index (χ0) is 22.0. The molecule has 2 heterocycles. The molecule has 0 spiro atoms. The van der Waals surface area contributed by atoms with Crippen molar-refractivity contribution in [2.24, 2.45) is 0 Å². The van der Waals surface area contributed by atoms with E-state index in [2.05, 4.69) is 17.0 Å². The number of thiocarbonyl (C=S) groups is 1. The van der Waals surface area contributed by atoms with E-state index >= 15 is 0 Å². The highest BCUT2D eigenvalue weighted by Gasteiger charge is 2.40. The number of anilines is 2. The first-order valence-corrected chi connectivity index (χ1v) is 10.8. The Morgan fingerprint density at radius 3 is 2.29 bits per heavy atom. The third-order valence-electron chi connectivity index (χ3n) is 5.40. The van der Waals surface area contributed by atoms with Crippen LogP contribution in [0.2, 0.25) is 5.02 Å². The Kier molecular flexibility index (Phi) is 6.25. The van der Waals surface area contributed by atoms with E-state index in [-0.39, 0.29) is 17.6 Å². The number of hydrogen-bond donors (Lipinski definition) is 0. The molecule has 0 bridgehead atoms. The van der Waals surface area contributed by atoms with Crippen LogP contribution >= 0.6 is 23.8 Å². The Hall–Kier alpha value is -2.90. The summed E-state index contributed by atoms with van der Waals surface area (Å²) in [4.78, 5) is 30.5. The van der Waals surface area contributed by atoms with E-state index in [1.54, 1.807) is 30.3 Å². The van der Waals surface area contributed by atoms with Crippen LogP contribution in [0.4, 0.5) is 11.4 Å². The van der Waals surface area contributed by atoms with Crippen molar-refractivity contribution in [2.75, 3.05) is 36.5 Å². The molecule has 0 unspecified atom stereocenters. The molecule has 160 valence electrons. The van der Waals surface area contributed by atoms with Crippen LogP contribution in [0.25, 0.3) is 6.08 Å². The van der Waals surface area contributed by atoms with Crippen LogP contribution in [-0.2, 0) is 14.3 Å². The Morgan fingerprint density at radius 1 is 1.06 bits per heavy atom. The average Bonchev–Trinajstić information content (AvgIpc) is 3.39. The molecule has 2 aromatic carbocycles. The molecule has 2 aliphatic heterocycles. The maximum absolute atomic E-state index is 13.3. The summed E-state index contributed by atoms with van der Waals surface area (Å²) in [6.07, 6.45) is 4.17. The fraction of sp³-hybridized carbons (Fsp3) is 0.261. The van der Waals surface area contributed by atoms with Crippen LogP contribution in [-0.4, -0.2) is 48.6 Å². The van der Waals surface area contributed by atoms with Gasteiger partial charge in [0.25, 0.3) is 5.91 Å². The number of esters is 1. The summed E-state index contributed by atoms with van der Waals surface area (Å²) in [5.41, 5.74) is 2.92. The maximum atomic E-state index is 13.3. The van der Waals surface area contributed by atoms with Crippen molar-refractivity contribution in [3.05, 3.63) is 64.8 Å². The van der Waals surface area contributed by atoms with E-state index in [0.717, 1.165) is 18.7 Å². The minimum Gasteiger partial charge on any atom is -0.468 e. The van der Waals surface area contributed by atoms with E-state index in [4.69, 9.17) is 28.6 Å². The van der Waals surface area contributed by atoms with Gasteiger partial charge in [-0.2, -0.15) is 0 Å². The number of halogens is 1. The lowest BCUT2D eigenvalue weighted by molar-refractivity contribution is -0.140. The van der Waals surface area contributed by atoms with Crippen molar-refractivity contribution in [3.8, 4) is 0 Å². The smallest absolute Gasteiger partial charge is 0.325 e. The first-order chi connectivity index (χ1) is 15.0. The number of carbonyl (C=O) groups is 2. The van der Waals surface area contributed by atoms with E-state index in [1.165, 1.54) is 35.4 Å². The van der Waals surface area contributed by atoms with Gasteiger partial charge in [0.2, 0.25) is 0 Å². The fourth-order valence-electron chi connectivity index (χ4n) is 3.76. The van der Waals surface area contributed by atoms with Crippen LogP contribution in [0.3, 0.4) is 0 Å². The van der Waals surface area contributed by atoms with E-state index < -0.39 is 5.97 Å². The minimum atomic E-state index is -0.483. The monoisotopic (exact) mass is 455 g/mol. The molecule has 2 aromatic rings. The van der Waals surface area contributed by atoms with Crippen molar-refractivity contribution in [1.82, 2.24) is 4.90 Å². The number of amides is 1. The quantitative estimate of drug-likeness (QED) is 0.384. The van der Waals surface area contributed by atoms with Crippen molar-refractivity contribution >= 4 is 58.3 Å². The Balaban J connectivity index is 1.66. The second kappa shape index (κ2) is 9.08. The molecule has 0 aromatic heterocycles. The van der Waals surface area contributed by atoms with Crippen LogP contribution in [0.5, 0.6) is 0 Å². The van der Waals surface area contributed by atoms with Crippen molar-refractivity contribution in [2.45, 2.75) is 12.8 Å². The van der Waals surface area contributed by atoms with Crippen molar-refractivity contribution in [1.29, 1.82) is 0 Å². The highest BCUT2D eigenvalue weighted by Crippen LogP contribution is 2.30. The summed E-state index contributed by atoms with van der Waals surface area (Å²) in [7, 11) is 1.31. The first kappa shape index (κ1) is 21.3. The van der Waals surface area contributed by atoms with Gasteiger partial charge in [-0.05, 0) is 73.1 Å². The topological polar surface area (TPSA) is 53.1 Å². The third kappa shape index (κ3) is 4.43. The molecule has 8 heteroatoms. The van der Waals surface area contributed by atoms with Gasteiger partial charge in [-0.1, -0.05) is 23.7 Å². The predicted molar refractivity (Wildman–Crippen MR) is 126 cm³/mol. The van der Waals surface area contributed by atoms with Crippen LogP contribution in [0.1, 0.15) is 18.4 Å². The molecule has 31 heavy (non-hydrogen) atoms. The number of nitrogens with zero attached hydrogens (tertiary/aromatic N) is 3. The first-order valence-electron chi connectivity index (χ1n) is 10.0. The molecule has 2 saturated heterocycles. The number of ether oxygens (including phenoxy) is 1. The number of hydrogen-bond acceptors (Lipinski definition) is 5. The normalized spacial score (nSPS) is 17.7. The lowest BCUT2D eigenvalue weighted by Crippen LogP contribution is -2.35. The van der Waals surface area contributed by atoms with Gasteiger partial charge in [0.1, 0.15) is 12.2 Å². The zero-order valence-corrected chi connectivity index (χ0v) is 18.7. The molecular formula is C23H22ClN3O3S. The minimum absolute atomic E-state index is 0.150. The van der Waals surface area contributed by atoms with Gasteiger partial charge in [0, 0.05) is 23.8 Å². The standard InChI is InChI=1S/C23H22ClN3O3S/c1-30-21(28)15-26-20(14-16-4-8-18(9-5-16)25-12-2-3-13-25)22(29)27(23(26)31)19-10-6-17(24)7-11-19/h4-11,14H,2-3,12-13,15H2,1H3/b20-14-. The summed E-state index contributed by atoms with van der Waals surface area (Å²) in [6, 6.07) is 14.9. The summed E-state index contributed by atoms with van der Waals surface area (Å²) < 4.78 is 4.80. The summed E-state index contributed by atoms with van der Waals surface area (Å²) >= 11 is 11.5. The van der Waals surface area contributed by atoms with E-state index in [9.17, 15) is 9.59 Å². The zero-order valence-electron chi connectivity index (χ0n) is 17.1. The Labute approximate surface area is 191 Å². The summed E-state index contributed by atoms with van der Waals surface area (Å²) in [6.45, 7) is 1.98. The predicted octanol–water partition coefficient (Wildman–Crippen LogP) is 4.09. The molecule has 2 fully saturated rings. The van der Waals surface area contributed by atoms with Crippen LogP contribution in [0, 0.1) is 0 Å². The van der Waals surface area contributed by atoms with Gasteiger partial charge in [0.05, 0.1) is 12.8 Å². The molecule has 0 atom stereocenters. The third-order valence-corrected chi connectivity index (χ3v) is 6.06. The molecule has 4 rings (SSSR count). The molecule has 0 N–H and O–H groups in total. The number of carbonyl (C=O) groups excluding carboxylic acids is 2. The second-order valence-electron chi connectivity index (χ2n) is 7.38. The molecule has 0 radical (unpaired) electrons. The highest BCUT2D eigenvalue weighted by molar-refractivity contribution is 7.80. The molecule has 1 amide bonds. The van der Waals surface area contributed by atoms with Gasteiger partial charge in [0.15, 0.2) is 5.11 Å². The van der Waals surface area contributed by atoms with Crippen molar-refractivity contribution in [3.63, 3.8) is 0 Å². The largest absolute Gasteiger partial charge is 0.468 e. The highest BCUT2D eigenvalue weighted by atomic mass is 35.5. The Morgan fingerprint density at radius 2 is 1.68 bits per heavy atom. The maximum Gasteiger partial charge on any atom is 0.325 e. The van der Waals surface area contributed by atoms with Gasteiger partial charge in [-0.25, -0.2) is 0 Å². The van der Waals surface area contributed by atoms with E-state index in [0.29, 0.717) is 16.4 Å². The second-order valence-corrected chi connectivity index (χ2v) is 8.18. The van der Waals surface area contributed by atoms with Gasteiger partial charge >= 0.3 is 5.97 Å². The van der Waals surface area contributed by atoms with Crippen LogP contribution < -0.4 is 9.80 Å². The lowest BCUT2D eigenvalue weighted by Gasteiger charge is -2.19.